The fourth-order valence-electron chi connectivity index (χ4n) is 1.99. The second kappa shape index (κ2) is 6.87. The first-order valence-corrected chi connectivity index (χ1v) is 8.67. The normalized spacial score (nSPS) is 18.6. The predicted molar refractivity (Wildman–Crippen MR) is 87.2 cm³/mol. The van der Waals surface area contributed by atoms with E-state index in [1.54, 1.807) is 17.8 Å². The number of amides is 1. The molecule has 1 fully saturated rings. The number of rotatable bonds is 5. The summed E-state index contributed by atoms with van der Waals surface area (Å²) in [5.74, 6) is 0.525. The monoisotopic (exact) mass is 376 g/mol. The van der Waals surface area contributed by atoms with Crippen LogP contribution >= 0.6 is 39.9 Å². The van der Waals surface area contributed by atoms with E-state index in [1.165, 1.54) is 17.0 Å². The van der Waals surface area contributed by atoms with Crippen molar-refractivity contribution in [2.45, 2.75) is 19.0 Å². The molecule has 0 saturated carbocycles. The quantitative estimate of drug-likeness (QED) is 0.800. The summed E-state index contributed by atoms with van der Waals surface area (Å²) in [6, 6.07) is 4.15. The molecule has 0 bridgehead atoms. The van der Waals surface area contributed by atoms with E-state index in [0.717, 1.165) is 16.6 Å². The fraction of sp³-hybridized carbons (Fsp3) is 0.385. The number of thioether (sulfide) groups is 1. The Morgan fingerprint density at radius 3 is 3.00 bits per heavy atom. The average molecular weight is 377 g/mol. The van der Waals surface area contributed by atoms with Crippen LogP contribution in [0.4, 0.5) is 4.39 Å². The van der Waals surface area contributed by atoms with Crippen LogP contribution in [0.1, 0.15) is 12.0 Å². The molecule has 1 saturated heterocycles. The lowest BCUT2D eigenvalue weighted by atomic mass is 10.2. The third kappa shape index (κ3) is 3.51. The second-order valence-corrected chi connectivity index (χ2v) is 6.67. The molecule has 20 heavy (non-hydrogen) atoms. The first-order chi connectivity index (χ1) is 9.52. The molecule has 0 radical (unpaired) electrons. The molecule has 0 spiro atoms. The van der Waals surface area contributed by atoms with Gasteiger partial charge in [-0.05, 0) is 54.4 Å². The van der Waals surface area contributed by atoms with Crippen LogP contribution in [0.5, 0.6) is 0 Å². The molecule has 1 aliphatic heterocycles. The summed E-state index contributed by atoms with van der Waals surface area (Å²) >= 11 is 10.3. The Kier molecular flexibility index (Phi) is 5.40. The van der Waals surface area contributed by atoms with Gasteiger partial charge in [0.1, 0.15) is 11.9 Å². The standard InChI is InChI=1S/C13H14BrFN2OS2/c1-20-5-4-11-12(18)17(13(19)16-11)7-8-6-9(15)2-3-10(8)14/h2-3,6,11H,4-5,7H2,1H3,(H,16,19). The summed E-state index contributed by atoms with van der Waals surface area (Å²) in [5, 5.41) is 3.44. The Hall–Kier alpha value is -0.660. The van der Waals surface area contributed by atoms with E-state index in [1.807, 2.05) is 6.26 Å². The number of carbonyl (C=O) groups excluding carboxylic acids is 1. The summed E-state index contributed by atoms with van der Waals surface area (Å²) in [6.45, 7) is 0.277. The summed E-state index contributed by atoms with van der Waals surface area (Å²) < 4.78 is 14.0. The molecule has 1 unspecified atom stereocenters. The lowest BCUT2D eigenvalue weighted by molar-refractivity contribution is -0.127. The molecule has 0 aliphatic carbocycles. The van der Waals surface area contributed by atoms with Crippen LogP contribution < -0.4 is 5.32 Å². The van der Waals surface area contributed by atoms with Crippen molar-refractivity contribution in [3.05, 3.63) is 34.1 Å². The van der Waals surface area contributed by atoms with Crippen molar-refractivity contribution in [1.29, 1.82) is 0 Å². The lowest BCUT2D eigenvalue weighted by Crippen LogP contribution is -2.31. The molecule has 2 rings (SSSR count). The van der Waals surface area contributed by atoms with Gasteiger partial charge in [0.15, 0.2) is 5.11 Å². The topological polar surface area (TPSA) is 32.3 Å². The Bertz CT molecular complexity index is 541. The predicted octanol–water partition coefficient (Wildman–Crippen LogP) is 2.93. The van der Waals surface area contributed by atoms with Crippen LogP contribution in [-0.2, 0) is 11.3 Å². The highest BCUT2D eigenvalue weighted by molar-refractivity contribution is 9.10. The number of hydrogen-bond donors (Lipinski definition) is 1. The molecule has 1 heterocycles. The van der Waals surface area contributed by atoms with Crippen molar-refractivity contribution in [2.75, 3.05) is 12.0 Å². The molecule has 0 aromatic heterocycles. The molecular weight excluding hydrogens is 363 g/mol. The number of nitrogens with one attached hydrogen (secondary N) is 1. The van der Waals surface area contributed by atoms with E-state index >= 15 is 0 Å². The van der Waals surface area contributed by atoms with Gasteiger partial charge >= 0.3 is 0 Å². The van der Waals surface area contributed by atoms with Crippen LogP contribution in [0.2, 0.25) is 0 Å². The lowest BCUT2D eigenvalue weighted by Gasteiger charge is -2.16. The third-order valence-corrected chi connectivity index (χ3v) is 4.81. The molecule has 1 aromatic carbocycles. The Labute approximate surface area is 135 Å². The molecule has 1 N–H and O–H groups in total. The maximum absolute atomic E-state index is 13.3. The Morgan fingerprint density at radius 2 is 2.30 bits per heavy atom. The van der Waals surface area contributed by atoms with Crippen LogP contribution in [0, 0.1) is 5.82 Å². The smallest absolute Gasteiger partial charge is 0.251 e. The van der Waals surface area contributed by atoms with Gasteiger partial charge in [-0.1, -0.05) is 15.9 Å². The molecule has 1 atom stereocenters. The SMILES string of the molecule is CSCCC1NC(=S)N(Cc2cc(F)ccc2Br)C1=O. The van der Waals surface area contributed by atoms with Crippen molar-refractivity contribution in [3.8, 4) is 0 Å². The highest BCUT2D eigenvalue weighted by atomic mass is 79.9. The molecule has 1 aliphatic rings. The van der Waals surface area contributed by atoms with Crippen LogP contribution in [0.3, 0.4) is 0 Å². The summed E-state index contributed by atoms with van der Waals surface area (Å²) in [6.07, 6.45) is 2.74. The zero-order valence-electron chi connectivity index (χ0n) is 10.9. The zero-order valence-corrected chi connectivity index (χ0v) is 14.1. The number of carbonyl (C=O) groups is 1. The molecule has 3 nitrogen and oxygen atoms in total. The minimum Gasteiger partial charge on any atom is -0.350 e. The maximum atomic E-state index is 13.3. The van der Waals surface area contributed by atoms with Crippen molar-refractivity contribution in [3.63, 3.8) is 0 Å². The minimum absolute atomic E-state index is 0.0415. The van der Waals surface area contributed by atoms with E-state index in [2.05, 4.69) is 21.2 Å². The van der Waals surface area contributed by atoms with Crippen LogP contribution in [-0.4, -0.2) is 34.0 Å². The van der Waals surface area contributed by atoms with E-state index in [0.29, 0.717) is 10.7 Å². The number of thiocarbonyl (C=S) groups is 1. The van der Waals surface area contributed by atoms with Crippen molar-refractivity contribution < 1.29 is 9.18 Å². The van der Waals surface area contributed by atoms with Crippen molar-refractivity contribution in [2.24, 2.45) is 0 Å². The van der Waals surface area contributed by atoms with Crippen LogP contribution in [0.15, 0.2) is 22.7 Å². The van der Waals surface area contributed by atoms with Gasteiger partial charge in [-0.3, -0.25) is 9.69 Å². The highest BCUT2D eigenvalue weighted by Gasteiger charge is 2.35. The summed E-state index contributed by atoms with van der Waals surface area (Å²) in [5.41, 5.74) is 0.702. The van der Waals surface area contributed by atoms with E-state index in [-0.39, 0.29) is 24.3 Å². The molecule has 1 aromatic rings. The van der Waals surface area contributed by atoms with Crippen molar-refractivity contribution >= 4 is 50.9 Å². The minimum atomic E-state index is -0.326. The maximum Gasteiger partial charge on any atom is 0.251 e. The molecule has 1 amide bonds. The van der Waals surface area contributed by atoms with Gasteiger partial charge in [0.05, 0.1) is 6.54 Å². The van der Waals surface area contributed by atoms with Crippen LogP contribution in [0.25, 0.3) is 0 Å². The van der Waals surface area contributed by atoms with E-state index in [9.17, 15) is 9.18 Å². The van der Waals surface area contributed by atoms with Gasteiger partial charge in [-0.15, -0.1) is 0 Å². The zero-order chi connectivity index (χ0) is 14.7. The third-order valence-electron chi connectivity index (χ3n) is 3.05. The second-order valence-electron chi connectivity index (χ2n) is 4.44. The number of hydrogen-bond acceptors (Lipinski definition) is 3. The number of nitrogens with zero attached hydrogens (tertiary/aromatic N) is 1. The van der Waals surface area contributed by atoms with Gasteiger partial charge < -0.3 is 5.32 Å². The van der Waals surface area contributed by atoms with E-state index < -0.39 is 0 Å². The fourth-order valence-corrected chi connectivity index (χ4v) is 3.13. The Morgan fingerprint density at radius 1 is 1.55 bits per heavy atom. The largest absolute Gasteiger partial charge is 0.350 e. The van der Waals surface area contributed by atoms with Gasteiger partial charge in [0.2, 0.25) is 0 Å². The Balaban J connectivity index is 2.11. The average Bonchev–Trinajstić information content (AvgIpc) is 2.68. The first-order valence-electron chi connectivity index (χ1n) is 6.07. The highest BCUT2D eigenvalue weighted by Crippen LogP contribution is 2.22. The molecular formula is C13H14BrFN2OS2. The molecule has 7 heteroatoms. The number of benzene rings is 1. The van der Waals surface area contributed by atoms with Crippen molar-refractivity contribution in [1.82, 2.24) is 10.2 Å². The summed E-state index contributed by atoms with van der Waals surface area (Å²) in [7, 11) is 0. The van der Waals surface area contributed by atoms with Gasteiger partial charge in [0.25, 0.3) is 5.91 Å². The van der Waals surface area contributed by atoms with Gasteiger partial charge in [-0.2, -0.15) is 11.8 Å². The summed E-state index contributed by atoms with van der Waals surface area (Å²) in [4.78, 5) is 13.8. The molecule has 108 valence electrons. The number of halogens is 2. The van der Waals surface area contributed by atoms with E-state index in [4.69, 9.17) is 12.2 Å². The van der Waals surface area contributed by atoms with Gasteiger partial charge in [0, 0.05) is 4.47 Å². The van der Waals surface area contributed by atoms with Gasteiger partial charge in [-0.25, -0.2) is 4.39 Å². The first kappa shape index (κ1) is 15.7.